The quantitative estimate of drug-likeness (QED) is 0.0167. The maximum Gasteiger partial charge on any atom is 0.418 e. The van der Waals surface area contributed by atoms with E-state index in [0.29, 0.717) is 55.3 Å². The summed E-state index contributed by atoms with van der Waals surface area (Å²) in [7, 11) is -19.4. The van der Waals surface area contributed by atoms with Gasteiger partial charge in [-0.1, -0.05) is 176 Å². The van der Waals surface area contributed by atoms with Gasteiger partial charge in [-0.3, -0.25) is 51.7 Å². The summed E-state index contributed by atoms with van der Waals surface area (Å²) < 4.78 is 168. The van der Waals surface area contributed by atoms with Crippen LogP contribution in [0.15, 0.2) is 125 Å². The summed E-state index contributed by atoms with van der Waals surface area (Å²) in [6.45, 7) is 51.8. The smallest absolute Gasteiger partial charge is 0.418 e. The maximum absolute atomic E-state index is 14.3. The SMILES string of the molecule is CCOP1(=O)N=C(C2=C(O)C(C(C)(C)C)N(CCC(C)(C)C)C2=O)Nc2c(OC(=O)CC)cc(Cl)cc21.CCOP1(=O)N=C(C2=C(O)C(C(C)(C)C)N(CCC(C)(C)C)C2=O)Nc2cc(C(N)=O)c(Cl)cc21.CCOP1(=O)N=C(C2=C(O)C(C(C)(C)C)N(CCC(C)(C)C)C2=O)Nc2cc(O)ccc21.CCOP1(=O)N=C(C2=C(O)C(C)(C(F)(F)F)N(CCC(C)(C)C)C2=O)Nc2ccc(NS(C)(=O)=O)cc21. The summed E-state index contributed by atoms with van der Waals surface area (Å²) in [6, 6.07) is 12.0. The number of amides is 5. The van der Waals surface area contributed by atoms with Crippen molar-refractivity contribution in [2.75, 3.05) is 84.9 Å². The van der Waals surface area contributed by atoms with Crippen molar-refractivity contribution >= 4 is 172 Å². The summed E-state index contributed by atoms with van der Waals surface area (Å²) in [4.78, 5) is 83.8. The fraction of sp³-hybridized carbons (Fsp3) is 0.558. The summed E-state index contributed by atoms with van der Waals surface area (Å²) in [5.74, 6) is -6.06. The lowest BCUT2D eigenvalue weighted by atomic mass is 9.84. The minimum Gasteiger partial charge on any atom is -0.509 e. The van der Waals surface area contributed by atoms with Crippen LogP contribution >= 0.6 is 53.3 Å². The van der Waals surface area contributed by atoms with Gasteiger partial charge < -0.3 is 95.0 Å². The number of hydrogen-bond acceptors (Lipinski definition) is 26. The zero-order chi connectivity index (χ0) is 107. The summed E-state index contributed by atoms with van der Waals surface area (Å²) in [6.07, 6.45) is -1.62. The van der Waals surface area contributed by atoms with E-state index in [1.54, 1.807) is 42.4 Å². The zero-order valence-electron chi connectivity index (χ0n) is 85.1. The van der Waals surface area contributed by atoms with E-state index in [1.165, 1.54) is 67.6 Å². The maximum atomic E-state index is 14.3. The highest BCUT2D eigenvalue weighted by Gasteiger charge is 2.66. The van der Waals surface area contributed by atoms with Gasteiger partial charge in [0.2, 0.25) is 15.9 Å². The zero-order valence-corrected chi connectivity index (χ0v) is 91.0. The number of halogens is 5. The Morgan fingerprint density at radius 3 is 1.21 bits per heavy atom. The first-order valence-corrected chi connectivity index (χ1v) is 55.1. The number of phenolic OH excluding ortho intramolecular Hbond substituents is 1. The first-order chi connectivity index (χ1) is 64.4. The Bertz CT molecular complexity index is 6250. The molecule has 8 unspecified atom stereocenters. The van der Waals surface area contributed by atoms with Crippen LogP contribution in [0, 0.1) is 37.9 Å². The third kappa shape index (κ3) is 25.5. The van der Waals surface area contributed by atoms with Gasteiger partial charge in [0.25, 0.3) is 23.6 Å². The number of amidine groups is 4. The standard InChI is InChI=1S/C26H37ClN3O6P.C24H34ClN4O5P.C23H34N3O5P.C22H30F3N4O6PS/c1-9-18(31)36-16-13-15(27)14-17-20(16)28-23(29-37(17,34)35-10-2)19-21(32)22(26(6,7)8)30(24(19)33)12-11-25(3,4)5;1-8-34-35(33)16-12-14(25)13(20(26)31)11-15(16)27-21(28-35)17-18(30)19(24(5,6)7)29(22(17)32)10-9-23(2,3)4;1-8-31-32(30)16-10-9-14(27)13-15(16)24-20(25-32)17-18(28)19(23(5,6)7)26(21(17)29)12-11-22(2,3)4;1-7-35-36(32)15-12-13(28-37(6,33)34)8-9-14(15)26-18(27-36)16-17(30)21(5,22(23,24)25)29(19(16)31)11-10-20(2,3)4/h13-14,22,32H,9-12H2,1-8H3,(H,28,29,34);11-12,19,30H,8-10H2,1-7H3,(H2,26,31)(H,27,28,33);9-10,13,19,27-28H,8,11-12H2,1-7H3,(H,24,25,30);8-9,12,28,30H,7,10-11H2,1-6H3,(H,26,27,32). The number of benzene rings is 4. The fourth-order valence-electron chi connectivity index (χ4n) is 16.6. The number of esters is 1. The molecule has 778 valence electrons. The number of aliphatic hydroxyl groups is 4. The number of hydrogen-bond donors (Lipinski definition) is 11. The molecule has 36 nitrogen and oxygen atoms in total. The van der Waals surface area contributed by atoms with Crippen molar-refractivity contribution in [1.82, 2.24) is 19.6 Å². The van der Waals surface area contributed by atoms with Crippen molar-refractivity contribution in [1.29, 1.82) is 0 Å². The number of alkyl halides is 3. The van der Waals surface area contributed by atoms with Gasteiger partial charge in [0.05, 0.1) is 105 Å². The molecule has 141 heavy (non-hydrogen) atoms. The van der Waals surface area contributed by atoms with Gasteiger partial charge in [-0.25, -0.2) is 8.42 Å². The van der Waals surface area contributed by atoms with Crippen LogP contribution in [0.5, 0.6) is 11.5 Å². The van der Waals surface area contributed by atoms with E-state index in [2.05, 4.69) is 107 Å². The lowest BCUT2D eigenvalue weighted by Crippen LogP contribution is -2.57. The van der Waals surface area contributed by atoms with Gasteiger partial charge in [0.1, 0.15) is 51.1 Å². The molecule has 4 aromatic carbocycles. The molecule has 0 saturated heterocycles. The highest BCUT2D eigenvalue weighted by Crippen LogP contribution is 2.60. The molecule has 0 saturated carbocycles. The van der Waals surface area contributed by atoms with Crippen LogP contribution in [0.3, 0.4) is 0 Å². The van der Waals surface area contributed by atoms with Crippen LogP contribution in [0.25, 0.3) is 0 Å². The van der Waals surface area contributed by atoms with Crippen molar-refractivity contribution < 1.29 is 117 Å². The number of nitrogens with zero attached hydrogens (tertiary/aromatic N) is 8. The Morgan fingerprint density at radius 2 is 0.844 bits per heavy atom. The van der Waals surface area contributed by atoms with Gasteiger partial charge in [-0.2, -0.15) is 32.2 Å². The number of carbonyl (C=O) groups excluding carboxylic acids is 6. The molecular weight excluding hydrogens is 1970 g/mol. The number of aromatic hydroxyl groups is 1. The van der Waals surface area contributed by atoms with E-state index in [1.807, 2.05) is 83.1 Å². The lowest BCUT2D eigenvalue weighted by Gasteiger charge is -2.38. The molecule has 0 fully saturated rings. The Hall–Kier alpha value is -9.58. The van der Waals surface area contributed by atoms with Crippen molar-refractivity contribution in [3.8, 4) is 11.5 Å². The Balaban J connectivity index is 0.000000210. The molecule has 5 amide bonds. The van der Waals surface area contributed by atoms with E-state index in [-0.39, 0.29) is 185 Å². The summed E-state index contributed by atoms with van der Waals surface area (Å²) in [5.41, 5.74) is 0.427. The molecule has 12 rings (SSSR count). The van der Waals surface area contributed by atoms with Crippen LogP contribution in [0.2, 0.25) is 10.0 Å². The highest BCUT2D eigenvalue weighted by molar-refractivity contribution is 7.92. The molecule has 8 aliphatic heterocycles. The first-order valence-electron chi connectivity index (χ1n) is 46.1. The summed E-state index contributed by atoms with van der Waals surface area (Å²) in [5, 5.41) is 67.1. The monoisotopic (exact) mass is 2110 g/mol. The van der Waals surface area contributed by atoms with Crippen LogP contribution in [0.4, 0.5) is 41.6 Å². The van der Waals surface area contributed by atoms with Gasteiger partial charge in [-0.15, -0.1) is 0 Å². The van der Waals surface area contributed by atoms with E-state index >= 15 is 0 Å². The molecule has 8 heterocycles. The molecule has 8 atom stereocenters. The van der Waals surface area contributed by atoms with Gasteiger partial charge in [-0.05, 0) is 147 Å². The second-order valence-electron chi connectivity index (χ2n) is 43.3. The number of primary amides is 1. The first kappa shape index (κ1) is 115. The molecule has 46 heteroatoms. The number of rotatable bonds is 25. The molecule has 0 aromatic heterocycles. The largest absolute Gasteiger partial charge is 0.509 e. The van der Waals surface area contributed by atoms with Gasteiger partial charge in [0.15, 0.2) is 34.6 Å². The van der Waals surface area contributed by atoms with E-state index in [0.717, 1.165) is 12.7 Å². The van der Waals surface area contributed by atoms with Gasteiger partial charge in [0, 0.05) is 55.4 Å². The predicted octanol–water partition coefficient (Wildman–Crippen LogP) is 19.2. The number of aliphatic hydroxyl groups excluding tert-OH is 4. The number of fused-ring (bicyclic) bond motifs is 4. The predicted molar refractivity (Wildman–Crippen MR) is 546 cm³/mol. The van der Waals surface area contributed by atoms with E-state index in [4.69, 9.17) is 51.8 Å². The Kier molecular flexibility index (Phi) is 34.1. The summed E-state index contributed by atoms with van der Waals surface area (Å²) >= 11 is 12.4. The number of phenols is 1. The Morgan fingerprint density at radius 1 is 0.482 bits per heavy atom. The Labute approximate surface area is 833 Å². The van der Waals surface area contributed by atoms with Crippen LogP contribution in [-0.4, -0.2) is 201 Å². The van der Waals surface area contributed by atoms with Crippen molar-refractivity contribution in [3.05, 3.63) is 122 Å². The molecule has 0 spiro atoms. The molecule has 4 aromatic rings. The molecule has 0 bridgehead atoms. The number of sulfonamides is 1. The second-order valence-corrected chi connectivity index (χ2v) is 53.8. The third-order valence-electron chi connectivity index (χ3n) is 23.5. The van der Waals surface area contributed by atoms with Gasteiger partial charge >= 0.3 is 42.2 Å². The van der Waals surface area contributed by atoms with Crippen LogP contribution < -0.4 is 57.7 Å². The average Bonchev–Trinajstić information content (AvgIpc) is 1.56. The van der Waals surface area contributed by atoms with Crippen molar-refractivity contribution in [3.63, 3.8) is 0 Å². The van der Waals surface area contributed by atoms with Crippen LogP contribution in [0.1, 0.15) is 229 Å². The van der Waals surface area contributed by atoms with E-state index in [9.17, 15) is 94.1 Å². The van der Waals surface area contributed by atoms with E-state index < -0.39 is 138 Å². The average molecular weight is 2110 g/mol. The molecular formula is C95H135Cl2F3N14O22P4S. The minimum atomic E-state index is -5.03. The molecule has 0 aliphatic carbocycles. The second kappa shape index (κ2) is 41.9. The third-order valence-corrected chi connectivity index (χ3v) is 32.9. The topological polar surface area (TPSA) is 501 Å². The normalized spacial score (nSPS) is 23.3. The number of nitrogens with two attached hydrogens (primary N) is 1. The van der Waals surface area contributed by atoms with Crippen LogP contribution in [-0.2, 0) is 70.4 Å². The highest BCUT2D eigenvalue weighted by atomic mass is 35.5. The van der Waals surface area contributed by atoms with Crippen molar-refractivity contribution in [2.24, 2.45) is 62.7 Å². The number of carbonyl (C=O) groups is 6. The molecule has 8 aliphatic rings. The lowest BCUT2D eigenvalue weighted by molar-refractivity contribution is -0.216. The number of ether oxygens (including phenoxy) is 1. The minimum absolute atomic E-state index is 0.00281. The number of nitrogens with one attached hydrogen (secondary N) is 5. The number of anilines is 5. The van der Waals surface area contributed by atoms with Crippen molar-refractivity contribution in [2.45, 2.75) is 249 Å². The molecule has 0 radical (unpaired) electrons. The molecule has 12 N–H and O–H groups in total. The fourth-order valence-corrected chi connectivity index (χ4v) is 24.9.